The molecule has 8 aromatic rings. The summed E-state index contributed by atoms with van der Waals surface area (Å²) < 4.78 is 1.12. The van der Waals surface area contributed by atoms with Gasteiger partial charge in [0.1, 0.15) is 0 Å². The van der Waals surface area contributed by atoms with E-state index in [-0.39, 0.29) is 0 Å². The number of aromatic nitrogens is 2. The quantitative estimate of drug-likeness (QED) is 0.148. The van der Waals surface area contributed by atoms with E-state index < -0.39 is 7.12 Å². The van der Waals surface area contributed by atoms with Gasteiger partial charge in [-0.05, 0) is 59.1 Å². The number of hydrogen-bond donors (Lipinski definition) is 4. The summed E-state index contributed by atoms with van der Waals surface area (Å²) in [6, 6.07) is 48.9. The molecule has 0 radical (unpaired) electrons. The van der Waals surface area contributed by atoms with Crippen molar-refractivity contribution in [2.24, 2.45) is 0 Å². The van der Waals surface area contributed by atoms with Crippen LogP contribution in [0.25, 0.3) is 54.7 Å². The predicted octanol–water partition coefficient (Wildman–Crippen LogP) is 8.44. The van der Waals surface area contributed by atoms with Gasteiger partial charge in [0.05, 0.1) is 0 Å². The van der Waals surface area contributed by atoms with E-state index in [0.29, 0.717) is 5.46 Å². The molecule has 0 saturated heterocycles. The van der Waals surface area contributed by atoms with Crippen molar-refractivity contribution < 1.29 is 10.0 Å². The largest absolute Gasteiger partial charge is 0.488 e. The molecule has 0 spiro atoms. The molecule has 8 rings (SSSR count). The minimum absolute atomic E-state index is 0.525. The smallest absolute Gasteiger partial charge is 0.423 e. The third kappa shape index (κ3) is 6.02. The highest BCUT2D eigenvalue weighted by Crippen LogP contribution is 2.30. The van der Waals surface area contributed by atoms with Gasteiger partial charge in [0, 0.05) is 48.1 Å². The van der Waals surface area contributed by atoms with Crippen molar-refractivity contribution >= 4 is 72.1 Å². The first-order valence-corrected chi connectivity index (χ1v) is 14.5. The lowest BCUT2D eigenvalue weighted by Gasteiger charge is -2.01. The molecule has 0 amide bonds. The van der Waals surface area contributed by atoms with Crippen molar-refractivity contribution in [3.8, 4) is 11.1 Å². The van der Waals surface area contributed by atoms with E-state index in [2.05, 4.69) is 129 Å². The molecule has 6 heteroatoms. The molecule has 204 valence electrons. The first kappa shape index (κ1) is 27.5. The Morgan fingerprint density at radius 2 is 0.905 bits per heavy atom. The number of hydrogen-bond acceptors (Lipinski definition) is 2. The number of para-hydroxylation sites is 2. The Balaban J connectivity index is 0.000000121. The van der Waals surface area contributed by atoms with Crippen molar-refractivity contribution in [2.75, 3.05) is 0 Å². The topological polar surface area (TPSA) is 72.0 Å². The van der Waals surface area contributed by atoms with E-state index in [0.717, 1.165) is 4.47 Å². The number of H-pyrrole nitrogens is 2. The summed E-state index contributed by atoms with van der Waals surface area (Å²) >= 11 is 3.49. The van der Waals surface area contributed by atoms with Crippen molar-refractivity contribution in [3.05, 3.63) is 150 Å². The summed E-state index contributed by atoms with van der Waals surface area (Å²) in [7, 11) is -1.34. The second-order valence-corrected chi connectivity index (χ2v) is 10.9. The fourth-order valence-corrected chi connectivity index (χ4v) is 5.46. The third-order valence-electron chi connectivity index (χ3n) is 7.18. The summed E-state index contributed by atoms with van der Waals surface area (Å²) in [5.41, 5.74) is 7.82. The van der Waals surface area contributed by atoms with Crippen LogP contribution in [0.3, 0.4) is 0 Å². The molecule has 0 saturated carbocycles. The van der Waals surface area contributed by atoms with Crippen LogP contribution in [-0.4, -0.2) is 27.1 Å². The van der Waals surface area contributed by atoms with Crippen LogP contribution in [0.15, 0.2) is 150 Å². The maximum Gasteiger partial charge on any atom is 0.488 e. The maximum absolute atomic E-state index is 8.58. The average molecular weight is 611 g/mol. The second-order valence-electron chi connectivity index (χ2n) is 9.94. The van der Waals surface area contributed by atoms with Gasteiger partial charge in [-0.15, -0.1) is 0 Å². The molecule has 0 unspecified atom stereocenters. The average Bonchev–Trinajstić information content (AvgIpc) is 3.60. The lowest BCUT2D eigenvalue weighted by molar-refractivity contribution is 0.426. The number of aromatic amines is 2. The van der Waals surface area contributed by atoms with Gasteiger partial charge < -0.3 is 20.0 Å². The molecule has 4 N–H and O–H groups in total. The molecule has 2 heterocycles. The third-order valence-corrected chi connectivity index (χ3v) is 7.67. The summed E-state index contributed by atoms with van der Waals surface area (Å²) in [6.07, 6.45) is 0. The van der Waals surface area contributed by atoms with Gasteiger partial charge in [0.15, 0.2) is 0 Å². The maximum atomic E-state index is 8.58. The Labute approximate surface area is 252 Å². The lowest BCUT2D eigenvalue weighted by Crippen LogP contribution is -2.29. The van der Waals surface area contributed by atoms with Crippen LogP contribution in [0.4, 0.5) is 0 Å². The highest BCUT2D eigenvalue weighted by atomic mass is 79.9. The SMILES string of the molecule is Brc1ccc2[nH]c3ccccc3c2c1.OB(O)c1ccccc1.c1ccc(-c2ccc3[nH]c4ccccc4c3c2)cc1. The summed E-state index contributed by atoms with van der Waals surface area (Å²) in [6.45, 7) is 0. The van der Waals surface area contributed by atoms with E-state index >= 15 is 0 Å². The van der Waals surface area contributed by atoms with Crippen molar-refractivity contribution in [1.29, 1.82) is 0 Å². The summed E-state index contributed by atoms with van der Waals surface area (Å²) in [5, 5.41) is 22.3. The molecule has 4 nitrogen and oxygen atoms in total. The van der Waals surface area contributed by atoms with Gasteiger partial charge in [0.2, 0.25) is 0 Å². The van der Waals surface area contributed by atoms with E-state index in [1.54, 1.807) is 24.3 Å². The van der Waals surface area contributed by atoms with Crippen LogP contribution in [0, 0.1) is 0 Å². The first-order valence-electron chi connectivity index (χ1n) is 13.7. The zero-order valence-electron chi connectivity index (χ0n) is 22.7. The Kier molecular flexibility index (Phi) is 8.20. The monoisotopic (exact) mass is 610 g/mol. The summed E-state index contributed by atoms with van der Waals surface area (Å²) in [5.74, 6) is 0. The Morgan fingerprint density at radius 1 is 0.429 bits per heavy atom. The minimum Gasteiger partial charge on any atom is -0.423 e. The lowest BCUT2D eigenvalue weighted by atomic mass is 9.81. The van der Waals surface area contributed by atoms with Gasteiger partial charge in [-0.3, -0.25) is 0 Å². The molecule has 0 fully saturated rings. The Hall–Kier alpha value is -4.62. The van der Waals surface area contributed by atoms with Crippen LogP contribution in [0.2, 0.25) is 0 Å². The van der Waals surface area contributed by atoms with E-state index in [1.165, 1.54) is 54.7 Å². The van der Waals surface area contributed by atoms with Gasteiger partial charge in [-0.25, -0.2) is 0 Å². The Bertz CT molecular complexity index is 2090. The van der Waals surface area contributed by atoms with Gasteiger partial charge in [0.25, 0.3) is 0 Å². The molecule has 0 aliphatic carbocycles. The molecule has 0 aliphatic rings. The molecule has 42 heavy (non-hydrogen) atoms. The number of nitrogens with one attached hydrogen (secondary N) is 2. The second kappa shape index (κ2) is 12.5. The highest BCUT2D eigenvalue weighted by molar-refractivity contribution is 9.10. The molecular weight excluding hydrogens is 583 g/mol. The molecule has 2 aromatic heterocycles. The fourth-order valence-electron chi connectivity index (χ4n) is 5.10. The van der Waals surface area contributed by atoms with Gasteiger partial charge in [-0.1, -0.05) is 119 Å². The van der Waals surface area contributed by atoms with Crippen LogP contribution >= 0.6 is 15.9 Å². The van der Waals surface area contributed by atoms with Gasteiger partial charge >= 0.3 is 7.12 Å². The van der Waals surface area contributed by atoms with Crippen LogP contribution in [0.1, 0.15) is 0 Å². The van der Waals surface area contributed by atoms with E-state index in [9.17, 15) is 0 Å². The van der Waals surface area contributed by atoms with Crippen molar-refractivity contribution in [2.45, 2.75) is 0 Å². The predicted molar refractivity (Wildman–Crippen MR) is 181 cm³/mol. The zero-order chi connectivity index (χ0) is 28.9. The van der Waals surface area contributed by atoms with Crippen molar-refractivity contribution in [3.63, 3.8) is 0 Å². The molecule has 0 atom stereocenters. The standard InChI is InChI=1S/C18H13N.C12H8BrN.C6H7BO2/c1-2-6-13(7-3-1)14-10-11-18-16(12-14)15-8-4-5-9-17(15)19-18;13-8-5-6-12-10(7-8)9-3-1-2-4-11(9)14-12;8-7(9)6-4-2-1-3-5-6/h1-12,19H;1-7,14H;1-5,8-9H. The van der Waals surface area contributed by atoms with Gasteiger partial charge in [-0.2, -0.15) is 0 Å². The number of fused-ring (bicyclic) bond motifs is 6. The Morgan fingerprint density at radius 3 is 1.48 bits per heavy atom. The minimum atomic E-state index is -1.34. The summed E-state index contributed by atoms with van der Waals surface area (Å²) in [4.78, 5) is 6.84. The highest BCUT2D eigenvalue weighted by Gasteiger charge is 2.08. The molecule has 6 aromatic carbocycles. The number of benzene rings is 6. The first-order chi connectivity index (χ1) is 20.6. The fraction of sp³-hybridized carbons (Fsp3) is 0. The zero-order valence-corrected chi connectivity index (χ0v) is 24.3. The van der Waals surface area contributed by atoms with Crippen LogP contribution in [0.5, 0.6) is 0 Å². The number of rotatable bonds is 2. The molecule has 0 aliphatic heterocycles. The number of halogens is 1. The normalized spacial score (nSPS) is 10.7. The van der Waals surface area contributed by atoms with Crippen LogP contribution < -0.4 is 5.46 Å². The molecular formula is C36H28BBrN2O2. The van der Waals surface area contributed by atoms with E-state index in [4.69, 9.17) is 10.0 Å². The van der Waals surface area contributed by atoms with E-state index in [1.807, 2.05) is 18.2 Å². The van der Waals surface area contributed by atoms with Crippen molar-refractivity contribution in [1.82, 2.24) is 9.97 Å². The van der Waals surface area contributed by atoms with Crippen LogP contribution in [-0.2, 0) is 0 Å². The molecule has 0 bridgehead atoms.